The zero-order valence-corrected chi connectivity index (χ0v) is 26.1. The summed E-state index contributed by atoms with van der Waals surface area (Å²) in [5.41, 5.74) is 4.62. The van der Waals surface area contributed by atoms with Gasteiger partial charge in [0.2, 0.25) is 17.7 Å². The third-order valence-electron chi connectivity index (χ3n) is 9.25. The van der Waals surface area contributed by atoms with Gasteiger partial charge in [0.05, 0.1) is 7.11 Å². The van der Waals surface area contributed by atoms with Crippen molar-refractivity contribution in [2.45, 2.75) is 83.4 Å². The predicted octanol–water partition coefficient (Wildman–Crippen LogP) is 6.48. The van der Waals surface area contributed by atoms with Crippen LogP contribution in [0, 0.1) is 5.92 Å². The predicted molar refractivity (Wildman–Crippen MR) is 166 cm³/mol. The fourth-order valence-electron chi connectivity index (χ4n) is 6.95. The van der Waals surface area contributed by atoms with Crippen LogP contribution in [0.2, 0.25) is 0 Å². The molecular formula is C35H38N4O6. The van der Waals surface area contributed by atoms with Crippen LogP contribution in [0.4, 0.5) is 5.69 Å². The minimum Gasteiger partial charge on any atom is -0.469 e. The highest BCUT2D eigenvalue weighted by molar-refractivity contribution is 5.87. The highest BCUT2D eigenvalue weighted by atomic mass is 16.5. The van der Waals surface area contributed by atoms with Crippen molar-refractivity contribution in [3.8, 4) is 17.3 Å². The highest BCUT2D eigenvalue weighted by Crippen LogP contribution is 2.60. The first-order chi connectivity index (χ1) is 21.8. The van der Waals surface area contributed by atoms with E-state index >= 15 is 0 Å². The number of aromatic nitrogens is 2. The van der Waals surface area contributed by atoms with Crippen LogP contribution in [0.1, 0.15) is 103 Å². The van der Waals surface area contributed by atoms with Gasteiger partial charge in [-0.25, -0.2) is 14.8 Å². The van der Waals surface area contributed by atoms with Crippen LogP contribution < -0.4 is 15.4 Å². The highest BCUT2D eigenvalue weighted by Gasteiger charge is 2.61. The number of anilines is 1. The van der Waals surface area contributed by atoms with E-state index in [0.29, 0.717) is 30.2 Å². The lowest BCUT2D eigenvalue weighted by Gasteiger charge is -2.28. The maximum atomic E-state index is 13.1. The molecule has 0 saturated carbocycles. The van der Waals surface area contributed by atoms with Crippen LogP contribution in [0.15, 0.2) is 51.5 Å². The zero-order valence-electron chi connectivity index (χ0n) is 26.1. The van der Waals surface area contributed by atoms with Gasteiger partial charge in [0, 0.05) is 17.7 Å². The summed E-state index contributed by atoms with van der Waals surface area (Å²) in [5, 5.41) is 6.88. The molecule has 2 aromatic heterocycles. The van der Waals surface area contributed by atoms with Gasteiger partial charge in [-0.2, -0.15) is 0 Å². The molecule has 10 heteroatoms. The molecule has 1 spiro atoms. The summed E-state index contributed by atoms with van der Waals surface area (Å²) in [6.07, 6.45) is 7.18. The number of aryl methyl sites for hydroxylation is 2. The Morgan fingerprint density at radius 3 is 2.76 bits per heavy atom. The minimum absolute atomic E-state index is 0.0216. The lowest BCUT2D eigenvalue weighted by Crippen LogP contribution is -2.40. The van der Waals surface area contributed by atoms with Gasteiger partial charge in [0.15, 0.2) is 23.4 Å². The maximum absolute atomic E-state index is 13.1. The number of nitrogens with zero attached hydrogens (tertiary/aromatic N) is 2. The van der Waals surface area contributed by atoms with E-state index in [1.54, 1.807) is 0 Å². The van der Waals surface area contributed by atoms with Crippen LogP contribution in [-0.4, -0.2) is 35.2 Å². The second kappa shape index (κ2) is 11.4. The molecule has 45 heavy (non-hydrogen) atoms. The Kier molecular flexibility index (Phi) is 7.38. The van der Waals surface area contributed by atoms with Gasteiger partial charge in [0.25, 0.3) is 0 Å². The van der Waals surface area contributed by atoms with Crippen molar-refractivity contribution in [3.63, 3.8) is 0 Å². The Hall–Kier alpha value is -4.60. The van der Waals surface area contributed by atoms with E-state index in [9.17, 15) is 9.59 Å². The second-order valence-electron chi connectivity index (χ2n) is 12.5. The van der Waals surface area contributed by atoms with E-state index in [1.807, 2.05) is 26.0 Å². The third-order valence-corrected chi connectivity index (χ3v) is 9.25. The molecule has 3 atom stereocenters. The Morgan fingerprint density at radius 1 is 1.09 bits per heavy atom. The Balaban J connectivity index is 1.50. The molecule has 0 aliphatic carbocycles. The van der Waals surface area contributed by atoms with E-state index in [0.717, 1.165) is 41.0 Å². The first-order valence-corrected chi connectivity index (χ1v) is 15.9. The van der Waals surface area contributed by atoms with Crippen LogP contribution >= 0.6 is 0 Å². The number of esters is 1. The fourth-order valence-corrected chi connectivity index (χ4v) is 6.95. The number of fused-ring (bicyclic) bond motifs is 4. The van der Waals surface area contributed by atoms with Crippen molar-refractivity contribution in [1.82, 2.24) is 15.3 Å². The number of unbranched alkanes of at least 4 members (excludes halogenated alkanes) is 3. The Morgan fingerprint density at radius 2 is 1.96 bits per heavy atom. The number of carbonyl (C=O) groups is 2. The normalized spacial score (nSPS) is 21.2. The van der Waals surface area contributed by atoms with E-state index in [-0.39, 0.29) is 23.4 Å². The number of nitrogens with one attached hydrogen (secondary N) is 2. The fraction of sp³-hybridized carbons (Fsp3) is 0.429. The number of benzene rings is 2. The van der Waals surface area contributed by atoms with Crippen LogP contribution in [0.5, 0.6) is 5.75 Å². The number of hydrogen-bond acceptors (Lipinski definition) is 9. The van der Waals surface area contributed by atoms with Gasteiger partial charge in [-0.1, -0.05) is 70.4 Å². The molecule has 4 aromatic rings. The summed E-state index contributed by atoms with van der Waals surface area (Å²) in [7, 11) is 1.29. The first-order valence-electron chi connectivity index (χ1n) is 15.9. The van der Waals surface area contributed by atoms with Gasteiger partial charge < -0.3 is 28.9 Å². The van der Waals surface area contributed by atoms with Crippen molar-refractivity contribution in [1.29, 1.82) is 0 Å². The smallest absolute Gasteiger partial charge is 0.360 e. The van der Waals surface area contributed by atoms with Gasteiger partial charge >= 0.3 is 5.97 Å². The number of rotatable bonds is 8. The number of amides is 1. The molecule has 4 bridgehead atoms. The number of carbonyl (C=O) groups excluding carboxylic acids is 2. The molecule has 1 amide bonds. The summed E-state index contributed by atoms with van der Waals surface area (Å²) >= 11 is 0. The number of ether oxygens (including phenoxy) is 2. The molecule has 3 aliphatic heterocycles. The van der Waals surface area contributed by atoms with Crippen molar-refractivity contribution in [2.24, 2.45) is 5.92 Å². The number of para-hydroxylation sites is 1. The zero-order chi connectivity index (χ0) is 31.3. The van der Waals surface area contributed by atoms with E-state index in [4.69, 9.17) is 23.3 Å². The molecule has 7 rings (SSSR count). The summed E-state index contributed by atoms with van der Waals surface area (Å²) in [6, 6.07) is 12.0. The van der Waals surface area contributed by atoms with E-state index < -0.39 is 23.7 Å². The van der Waals surface area contributed by atoms with Crippen molar-refractivity contribution in [3.05, 3.63) is 82.3 Å². The Labute approximate surface area is 261 Å². The average molecular weight is 611 g/mol. The monoisotopic (exact) mass is 610 g/mol. The maximum Gasteiger partial charge on any atom is 0.360 e. The molecule has 0 radical (unpaired) electrons. The molecule has 234 valence electrons. The standard InChI is InChI=1S/C35H38N4O6/c1-5-6-7-8-10-21-11-9-12-22-28(21)39-34-35(22)23-17-20(13-15-25(23)44-34)14-16-26(40)37-27(19(2)3)32-38-29(30(35)45-32)31-36-24(18-43-31)33(41)42-4/h9,11-13,15,17-19,27,34,39H,5-8,10,14,16H2,1-4H3,(H,37,40)/t27?,34?,35-/m0/s1. The molecule has 0 saturated heterocycles. The molecular weight excluding hydrogens is 572 g/mol. The van der Waals surface area contributed by atoms with Gasteiger partial charge in [-0.3, -0.25) is 4.79 Å². The van der Waals surface area contributed by atoms with E-state index in [2.05, 4.69) is 46.8 Å². The van der Waals surface area contributed by atoms with Crippen LogP contribution in [-0.2, 0) is 27.8 Å². The SMILES string of the molecule is CCCCCCc1cccc2c1NC1Oc3ccc4cc3[C@]21c1oc(nc1-c1nc(C(=O)OC)co1)C(C(C)C)NC(=O)CC4. The summed E-state index contributed by atoms with van der Waals surface area (Å²) in [5.74, 6) is 0.912. The first kappa shape index (κ1) is 29.1. The summed E-state index contributed by atoms with van der Waals surface area (Å²) in [6.45, 7) is 6.24. The second-order valence-corrected chi connectivity index (χ2v) is 12.5. The van der Waals surface area contributed by atoms with Crippen LogP contribution in [0.3, 0.4) is 0 Å². The summed E-state index contributed by atoms with van der Waals surface area (Å²) in [4.78, 5) is 35.0. The van der Waals surface area contributed by atoms with Crippen LogP contribution in [0.25, 0.3) is 11.6 Å². The molecule has 2 unspecified atom stereocenters. The molecule has 5 heterocycles. The van der Waals surface area contributed by atoms with E-state index in [1.165, 1.54) is 38.2 Å². The molecule has 2 N–H and O–H groups in total. The summed E-state index contributed by atoms with van der Waals surface area (Å²) < 4.78 is 24.3. The number of methoxy groups -OCH3 is 1. The van der Waals surface area contributed by atoms with Gasteiger partial charge in [-0.15, -0.1) is 0 Å². The molecule has 3 aliphatic rings. The Bertz CT molecular complexity index is 1770. The van der Waals surface area contributed by atoms with Crippen molar-refractivity contribution >= 4 is 17.6 Å². The molecule has 10 nitrogen and oxygen atoms in total. The quantitative estimate of drug-likeness (QED) is 0.170. The number of oxazole rings is 2. The van der Waals surface area contributed by atoms with Gasteiger partial charge in [-0.05, 0) is 47.9 Å². The molecule has 2 aromatic carbocycles. The minimum atomic E-state index is -0.953. The number of hydrogen-bond donors (Lipinski definition) is 2. The molecule has 0 fully saturated rings. The topological polar surface area (TPSA) is 129 Å². The lowest BCUT2D eigenvalue weighted by atomic mass is 9.72. The van der Waals surface area contributed by atoms with Crippen molar-refractivity contribution < 1.29 is 27.9 Å². The largest absolute Gasteiger partial charge is 0.469 e. The van der Waals surface area contributed by atoms with Crippen molar-refractivity contribution in [2.75, 3.05) is 12.4 Å². The van der Waals surface area contributed by atoms with Gasteiger partial charge in [0.1, 0.15) is 23.5 Å². The average Bonchev–Trinajstić information content (AvgIpc) is 3.81. The third kappa shape index (κ3) is 4.69. The lowest BCUT2D eigenvalue weighted by molar-refractivity contribution is -0.122.